The van der Waals surface area contributed by atoms with E-state index in [0.29, 0.717) is 27.6 Å². The molecular formula is C16H22BrNO3S. The second kappa shape index (κ2) is 6.49. The molecule has 2 aliphatic rings. The molecule has 0 bridgehead atoms. The summed E-state index contributed by atoms with van der Waals surface area (Å²) in [4.78, 5) is 0.353. The Morgan fingerprint density at radius 2 is 1.91 bits per heavy atom. The Hall–Kier alpha value is -0.590. The molecule has 2 unspecified atom stereocenters. The summed E-state index contributed by atoms with van der Waals surface area (Å²) in [5, 5.41) is 0. The monoisotopic (exact) mass is 387 g/mol. The minimum absolute atomic E-state index is 0.188. The van der Waals surface area contributed by atoms with Crippen molar-refractivity contribution >= 4 is 26.0 Å². The van der Waals surface area contributed by atoms with Gasteiger partial charge in [0, 0.05) is 12.6 Å². The lowest BCUT2D eigenvalue weighted by Crippen LogP contribution is -2.49. The molecule has 122 valence electrons. The van der Waals surface area contributed by atoms with E-state index in [1.54, 1.807) is 29.6 Å². The van der Waals surface area contributed by atoms with E-state index in [2.05, 4.69) is 15.9 Å². The van der Waals surface area contributed by atoms with Crippen molar-refractivity contribution in [2.45, 2.75) is 49.5 Å². The molecule has 0 spiro atoms. The molecule has 1 aliphatic heterocycles. The predicted molar refractivity (Wildman–Crippen MR) is 89.6 cm³/mol. The molecular weight excluding hydrogens is 366 g/mol. The van der Waals surface area contributed by atoms with Crippen molar-refractivity contribution in [3.8, 4) is 5.75 Å². The van der Waals surface area contributed by atoms with E-state index in [1.807, 2.05) is 0 Å². The lowest BCUT2D eigenvalue weighted by atomic mass is 9.79. The molecule has 1 saturated carbocycles. The van der Waals surface area contributed by atoms with E-state index in [9.17, 15) is 8.42 Å². The van der Waals surface area contributed by atoms with Crippen molar-refractivity contribution in [3.63, 3.8) is 0 Å². The number of fused-ring (bicyclic) bond motifs is 1. The number of ether oxygens (including phenoxy) is 1. The van der Waals surface area contributed by atoms with E-state index in [0.717, 1.165) is 19.3 Å². The number of hydrogen-bond acceptors (Lipinski definition) is 3. The van der Waals surface area contributed by atoms with Crippen LogP contribution in [-0.4, -0.2) is 32.4 Å². The fraction of sp³-hybridized carbons (Fsp3) is 0.625. The summed E-state index contributed by atoms with van der Waals surface area (Å²) in [5.41, 5.74) is 0. The largest absolute Gasteiger partial charge is 0.496 e. The Bertz CT molecular complexity index is 645. The van der Waals surface area contributed by atoms with Crippen LogP contribution in [0.5, 0.6) is 5.75 Å². The number of hydrogen-bond donors (Lipinski definition) is 0. The third-order valence-electron chi connectivity index (χ3n) is 4.92. The SMILES string of the molecule is COc1ccc(S(=O)(=O)N2CCCC3CCCCC32)cc1Br. The molecule has 2 atom stereocenters. The second-order valence-electron chi connectivity index (χ2n) is 6.17. The van der Waals surface area contributed by atoms with Crippen LogP contribution >= 0.6 is 15.9 Å². The molecule has 1 aromatic rings. The summed E-state index contributed by atoms with van der Waals surface area (Å²) in [5.74, 6) is 1.19. The fourth-order valence-corrected chi connectivity index (χ4v) is 6.29. The van der Waals surface area contributed by atoms with E-state index >= 15 is 0 Å². The van der Waals surface area contributed by atoms with Crippen LogP contribution in [-0.2, 0) is 10.0 Å². The zero-order valence-corrected chi connectivity index (χ0v) is 15.2. The maximum absolute atomic E-state index is 13.1. The number of piperidine rings is 1. The van der Waals surface area contributed by atoms with Crippen LogP contribution in [0.15, 0.2) is 27.6 Å². The van der Waals surface area contributed by atoms with E-state index in [4.69, 9.17) is 4.74 Å². The maximum atomic E-state index is 13.1. The lowest BCUT2D eigenvalue weighted by molar-refractivity contribution is 0.129. The summed E-state index contributed by atoms with van der Waals surface area (Å²) >= 11 is 3.38. The highest BCUT2D eigenvalue weighted by Crippen LogP contribution is 2.38. The molecule has 4 nitrogen and oxygen atoms in total. The molecule has 0 radical (unpaired) electrons. The van der Waals surface area contributed by atoms with Gasteiger partial charge in [-0.1, -0.05) is 12.8 Å². The molecule has 1 aromatic carbocycles. The van der Waals surface area contributed by atoms with E-state index < -0.39 is 10.0 Å². The van der Waals surface area contributed by atoms with Gasteiger partial charge in [0.2, 0.25) is 10.0 Å². The van der Waals surface area contributed by atoms with Gasteiger partial charge in [-0.25, -0.2) is 8.42 Å². The second-order valence-corrected chi connectivity index (χ2v) is 8.91. The van der Waals surface area contributed by atoms with Crippen molar-refractivity contribution in [3.05, 3.63) is 22.7 Å². The molecule has 1 aliphatic carbocycles. The number of rotatable bonds is 3. The van der Waals surface area contributed by atoms with Gasteiger partial charge in [0.15, 0.2) is 0 Å². The first-order valence-electron chi connectivity index (χ1n) is 7.89. The van der Waals surface area contributed by atoms with Crippen LogP contribution in [0.2, 0.25) is 0 Å². The fourth-order valence-electron chi connectivity index (χ4n) is 3.82. The van der Waals surface area contributed by atoms with Gasteiger partial charge in [-0.05, 0) is 65.7 Å². The van der Waals surface area contributed by atoms with Crippen molar-refractivity contribution in [1.29, 1.82) is 0 Å². The minimum Gasteiger partial charge on any atom is -0.496 e. The maximum Gasteiger partial charge on any atom is 0.243 e. The molecule has 3 rings (SSSR count). The van der Waals surface area contributed by atoms with E-state index in [1.165, 1.54) is 19.3 Å². The predicted octanol–water partition coefficient (Wildman–Crippen LogP) is 3.80. The van der Waals surface area contributed by atoms with Gasteiger partial charge in [0.05, 0.1) is 16.5 Å². The Kier molecular flexibility index (Phi) is 4.80. The highest BCUT2D eigenvalue weighted by Gasteiger charge is 2.39. The summed E-state index contributed by atoms with van der Waals surface area (Å²) in [6.45, 7) is 0.646. The van der Waals surface area contributed by atoms with Gasteiger partial charge in [-0.2, -0.15) is 4.31 Å². The Balaban J connectivity index is 1.92. The first kappa shape index (κ1) is 16.3. The number of nitrogens with zero attached hydrogens (tertiary/aromatic N) is 1. The van der Waals surface area contributed by atoms with Gasteiger partial charge in [0.25, 0.3) is 0 Å². The standard InChI is InChI=1S/C16H22BrNO3S/c1-21-16-9-8-13(11-14(16)17)22(19,20)18-10-4-6-12-5-2-3-7-15(12)18/h8-9,11-12,15H,2-7,10H2,1H3. The molecule has 0 N–H and O–H groups in total. The summed E-state index contributed by atoms with van der Waals surface area (Å²) in [6.07, 6.45) is 6.69. The van der Waals surface area contributed by atoms with Crippen LogP contribution in [0.1, 0.15) is 38.5 Å². The summed E-state index contributed by atoms with van der Waals surface area (Å²) in [7, 11) is -1.86. The van der Waals surface area contributed by atoms with Crippen LogP contribution in [0, 0.1) is 5.92 Å². The highest BCUT2D eigenvalue weighted by atomic mass is 79.9. The molecule has 0 amide bonds. The van der Waals surface area contributed by atoms with Crippen molar-refractivity contribution in [2.75, 3.05) is 13.7 Å². The summed E-state index contributed by atoms with van der Waals surface area (Å²) < 4.78 is 33.7. The Morgan fingerprint density at radius 1 is 1.18 bits per heavy atom. The zero-order chi connectivity index (χ0) is 15.7. The Labute approximate surface area is 141 Å². The molecule has 6 heteroatoms. The Morgan fingerprint density at radius 3 is 2.64 bits per heavy atom. The topological polar surface area (TPSA) is 46.6 Å². The smallest absolute Gasteiger partial charge is 0.243 e. The van der Waals surface area contributed by atoms with Crippen LogP contribution < -0.4 is 4.74 Å². The van der Waals surface area contributed by atoms with Gasteiger partial charge in [-0.15, -0.1) is 0 Å². The average Bonchev–Trinajstić information content (AvgIpc) is 2.54. The van der Waals surface area contributed by atoms with Crippen molar-refractivity contribution in [1.82, 2.24) is 4.31 Å². The normalized spacial score (nSPS) is 26.5. The molecule has 1 heterocycles. The van der Waals surface area contributed by atoms with Gasteiger partial charge in [-0.3, -0.25) is 0 Å². The number of sulfonamides is 1. The lowest BCUT2D eigenvalue weighted by Gasteiger charge is -2.43. The van der Waals surface area contributed by atoms with Gasteiger partial charge in [0.1, 0.15) is 5.75 Å². The quantitative estimate of drug-likeness (QED) is 0.791. The third-order valence-corrected chi connectivity index (χ3v) is 7.46. The number of methoxy groups -OCH3 is 1. The highest BCUT2D eigenvalue weighted by molar-refractivity contribution is 9.10. The summed E-state index contributed by atoms with van der Waals surface area (Å²) in [6, 6.07) is 5.19. The van der Waals surface area contributed by atoms with Crippen LogP contribution in [0.4, 0.5) is 0 Å². The van der Waals surface area contributed by atoms with Crippen LogP contribution in [0.3, 0.4) is 0 Å². The molecule has 1 saturated heterocycles. The molecule has 0 aromatic heterocycles. The van der Waals surface area contributed by atoms with Gasteiger partial charge >= 0.3 is 0 Å². The number of benzene rings is 1. The molecule has 22 heavy (non-hydrogen) atoms. The molecule has 2 fully saturated rings. The van der Waals surface area contributed by atoms with Crippen LogP contribution in [0.25, 0.3) is 0 Å². The number of halogens is 1. The van der Waals surface area contributed by atoms with Crippen molar-refractivity contribution in [2.24, 2.45) is 5.92 Å². The first-order chi connectivity index (χ1) is 10.5. The third kappa shape index (κ3) is 2.93. The van der Waals surface area contributed by atoms with Crippen molar-refractivity contribution < 1.29 is 13.2 Å². The van der Waals surface area contributed by atoms with E-state index in [-0.39, 0.29) is 6.04 Å². The average molecular weight is 388 g/mol. The van der Waals surface area contributed by atoms with Gasteiger partial charge < -0.3 is 4.74 Å². The minimum atomic E-state index is -3.43. The zero-order valence-electron chi connectivity index (χ0n) is 12.8. The first-order valence-corrected chi connectivity index (χ1v) is 10.1.